The fourth-order valence-corrected chi connectivity index (χ4v) is 4.37. The van der Waals surface area contributed by atoms with Crippen molar-refractivity contribution in [3.63, 3.8) is 0 Å². The van der Waals surface area contributed by atoms with Gasteiger partial charge in [-0.25, -0.2) is 9.18 Å². The smallest absolute Gasteiger partial charge is 0.341 e. The summed E-state index contributed by atoms with van der Waals surface area (Å²) in [4.78, 5) is 31.5. The molecule has 8 nitrogen and oxygen atoms in total. The minimum absolute atomic E-state index is 0.0474. The van der Waals surface area contributed by atoms with E-state index in [0.29, 0.717) is 25.2 Å². The van der Waals surface area contributed by atoms with Crippen molar-refractivity contribution in [1.29, 1.82) is 0 Å². The number of carbonyl (C=O) groups is 1. The first-order valence-electron chi connectivity index (χ1n) is 10.8. The maximum Gasteiger partial charge on any atom is 0.341 e. The van der Waals surface area contributed by atoms with Gasteiger partial charge in [-0.15, -0.1) is 0 Å². The molecule has 2 aromatic heterocycles. The fourth-order valence-electron chi connectivity index (χ4n) is 4.37. The number of aliphatic hydroxyl groups is 1. The molecule has 1 unspecified atom stereocenters. The van der Waals surface area contributed by atoms with Crippen LogP contribution in [0.1, 0.15) is 41.4 Å². The Morgan fingerprint density at radius 2 is 2.03 bits per heavy atom. The molecule has 0 fully saturated rings. The van der Waals surface area contributed by atoms with Crippen molar-refractivity contribution in [2.24, 2.45) is 5.92 Å². The Balaban J connectivity index is 1.92. The Hall–Kier alpha value is -3.46. The lowest BCUT2D eigenvalue weighted by Crippen LogP contribution is -2.31. The monoisotopic (exact) mass is 455 g/mol. The summed E-state index contributed by atoms with van der Waals surface area (Å²) in [5.74, 6) is -1.39. The molecule has 0 radical (unpaired) electrons. The van der Waals surface area contributed by atoms with Gasteiger partial charge >= 0.3 is 5.97 Å². The summed E-state index contributed by atoms with van der Waals surface area (Å²) in [5, 5.41) is 19.7. The number of hydrogen-bond donors (Lipinski definition) is 2. The minimum atomic E-state index is -1.35. The Kier molecular flexibility index (Phi) is 6.07. The van der Waals surface area contributed by atoms with E-state index in [-0.39, 0.29) is 40.8 Å². The number of benzene rings is 1. The van der Waals surface area contributed by atoms with E-state index in [1.807, 2.05) is 18.7 Å². The van der Waals surface area contributed by atoms with Crippen molar-refractivity contribution >= 4 is 22.7 Å². The minimum Gasteiger partial charge on any atom is -0.479 e. The molecular weight excluding hydrogens is 429 g/mol. The third-order valence-electron chi connectivity index (χ3n) is 6.21. The quantitative estimate of drug-likeness (QED) is 0.589. The summed E-state index contributed by atoms with van der Waals surface area (Å²) in [6.45, 7) is 4.56. The van der Waals surface area contributed by atoms with Crippen LogP contribution >= 0.6 is 0 Å². The Labute approximate surface area is 189 Å². The lowest BCUT2D eigenvalue weighted by Gasteiger charge is -2.32. The predicted molar refractivity (Wildman–Crippen MR) is 122 cm³/mol. The van der Waals surface area contributed by atoms with E-state index in [1.54, 1.807) is 16.7 Å². The third-order valence-corrected chi connectivity index (χ3v) is 6.21. The van der Waals surface area contributed by atoms with Crippen LogP contribution in [-0.4, -0.2) is 46.0 Å². The number of ether oxygens (including phenoxy) is 1. The summed E-state index contributed by atoms with van der Waals surface area (Å²) in [6.07, 6.45) is 1.85. The number of carboxylic acid groups (broad SMARTS) is 1. The fraction of sp³-hybridized carbons (Fsp3) is 0.375. The standard InChI is InChI=1S/C24H26FN3O5/c1-13(2)20(12-29)28-11-18(24(31)32)21(30)17-9-19(23(33-3)26-22(17)28)27-7-6-14-8-16(25)5-4-15(14)10-27/h4-5,8-9,11,13,20,29H,6-7,10,12H2,1-3H3,(H,31,32). The molecule has 4 rings (SSSR count). The predicted octanol–water partition coefficient (Wildman–Crippen LogP) is 2.99. The van der Waals surface area contributed by atoms with Gasteiger partial charge in [-0.2, -0.15) is 4.98 Å². The topological polar surface area (TPSA) is 105 Å². The largest absolute Gasteiger partial charge is 0.479 e. The first kappa shape index (κ1) is 22.7. The molecule has 3 aromatic rings. The summed E-state index contributed by atoms with van der Waals surface area (Å²) in [6, 6.07) is 5.81. The highest BCUT2D eigenvalue weighted by atomic mass is 19.1. The second kappa shape index (κ2) is 8.82. The van der Waals surface area contributed by atoms with Crippen LogP contribution < -0.4 is 15.1 Å². The first-order valence-corrected chi connectivity index (χ1v) is 10.8. The molecule has 3 heterocycles. The zero-order valence-electron chi connectivity index (χ0n) is 18.7. The van der Waals surface area contributed by atoms with Crippen molar-refractivity contribution in [2.75, 3.05) is 25.2 Å². The van der Waals surface area contributed by atoms with Crippen LogP contribution in [0.5, 0.6) is 5.88 Å². The molecule has 174 valence electrons. The van der Waals surface area contributed by atoms with Gasteiger partial charge < -0.3 is 24.4 Å². The lowest BCUT2D eigenvalue weighted by molar-refractivity contribution is 0.0694. The average Bonchev–Trinajstić information content (AvgIpc) is 2.79. The Morgan fingerprint density at radius 3 is 2.67 bits per heavy atom. The first-order chi connectivity index (χ1) is 15.7. The number of halogens is 1. The molecule has 2 N–H and O–H groups in total. The Morgan fingerprint density at radius 1 is 1.27 bits per heavy atom. The van der Waals surface area contributed by atoms with E-state index in [1.165, 1.54) is 25.4 Å². The van der Waals surface area contributed by atoms with E-state index in [4.69, 9.17) is 4.74 Å². The molecule has 0 saturated heterocycles. The zero-order valence-corrected chi connectivity index (χ0v) is 18.7. The van der Waals surface area contributed by atoms with Crippen molar-refractivity contribution < 1.29 is 24.1 Å². The van der Waals surface area contributed by atoms with Gasteiger partial charge in [0.2, 0.25) is 11.3 Å². The van der Waals surface area contributed by atoms with E-state index in [0.717, 1.165) is 11.1 Å². The maximum absolute atomic E-state index is 13.6. The number of carboxylic acids is 1. The number of methoxy groups -OCH3 is 1. The van der Waals surface area contributed by atoms with Crippen molar-refractivity contribution in [3.05, 3.63) is 63.2 Å². The number of aliphatic hydroxyl groups excluding tert-OH is 1. The number of pyridine rings is 2. The van der Waals surface area contributed by atoms with Gasteiger partial charge in [0.15, 0.2) is 0 Å². The molecule has 0 bridgehead atoms. The molecule has 9 heteroatoms. The van der Waals surface area contributed by atoms with E-state index < -0.39 is 17.4 Å². The van der Waals surface area contributed by atoms with Gasteiger partial charge in [-0.3, -0.25) is 4.79 Å². The van der Waals surface area contributed by atoms with Crippen molar-refractivity contribution in [2.45, 2.75) is 32.9 Å². The second-order valence-corrected chi connectivity index (χ2v) is 8.55. The Bertz CT molecular complexity index is 1290. The van der Waals surface area contributed by atoms with Crippen molar-refractivity contribution in [3.8, 4) is 5.88 Å². The average molecular weight is 455 g/mol. The van der Waals surface area contributed by atoms with Crippen LogP contribution in [0, 0.1) is 11.7 Å². The maximum atomic E-state index is 13.6. The van der Waals surface area contributed by atoms with E-state index in [2.05, 4.69) is 4.98 Å². The highest BCUT2D eigenvalue weighted by Gasteiger charge is 2.26. The van der Waals surface area contributed by atoms with Crippen molar-refractivity contribution in [1.82, 2.24) is 9.55 Å². The molecule has 1 aromatic carbocycles. The van der Waals surface area contributed by atoms with Crippen LogP contribution in [0.25, 0.3) is 11.0 Å². The molecule has 0 spiro atoms. The number of aromatic nitrogens is 2. The van der Waals surface area contributed by atoms with Crippen LogP contribution in [0.4, 0.5) is 10.1 Å². The summed E-state index contributed by atoms with van der Waals surface area (Å²) < 4.78 is 20.7. The molecule has 1 aliphatic rings. The van der Waals surface area contributed by atoms with Gasteiger partial charge in [0.1, 0.15) is 22.7 Å². The molecule has 1 aliphatic heterocycles. The number of aromatic carboxylic acids is 1. The normalized spacial score (nSPS) is 14.4. The van der Waals surface area contributed by atoms with Crippen LogP contribution in [-0.2, 0) is 13.0 Å². The van der Waals surface area contributed by atoms with E-state index >= 15 is 0 Å². The molecule has 0 aliphatic carbocycles. The number of anilines is 1. The molecule has 0 saturated carbocycles. The number of nitrogens with zero attached hydrogens (tertiary/aromatic N) is 3. The van der Waals surface area contributed by atoms with E-state index in [9.17, 15) is 24.2 Å². The molecular formula is C24H26FN3O5. The summed E-state index contributed by atoms with van der Waals surface area (Å²) in [5.41, 5.74) is 1.65. The number of fused-ring (bicyclic) bond motifs is 2. The lowest BCUT2D eigenvalue weighted by atomic mass is 9.99. The van der Waals surface area contributed by atoms with Gasteiger partial charge in [0.25, 0.3) is 0 Å². The summed E-state index contributed by atoms with van der Waals surface area (Å²) in [7, 11) is 1.48. The number of rotatable bonds is 6. The van der Waals surface area contributed by atoms with Gasteiger partial charge in [0.05, 0.1) is 25.1 Å². The molecule has 0 amide bonds. The SMILES string of the molecule is COc1nc2c(cc1N1CCc3cc(F)ccc3C1)c(=O)c(C(=O)O)cn2C(CO)C(C)C. The second-order valence-electron chi connectivity index (χ2n) is 8.55. The van der Waals surface area contributed by atoms with Crippen LogP contribution in [0.2, 0.25) is 0 Å². The van der Waals surface area contributed by atoms with Crippen LogP contribution in [0.3, 0.4) is 0 Å². The molecule has 33 heavy (non-hydrogen) atoms. The zero-order chi connectivity index (χ0) is 23.9. The van der Waals surface area contributed by atoms with Gasteiger partial charge in [-0.1, -0.05) is 19.9 Å². The highest BCUT2D eigenvalue weighted by molar-refractivity contribution is 5.93. The highest BCUT2D eigenvalue weighted by Crippen LogP contribution is 2.34. The molecule has 1 atom stereocenters. The van der Waals surface area contributed by atoms with Gasteiger partial charge in [-0.05, 0) is 41.7 Å². The van der Waals surface area contributed by atoms with Gasteiger partial charge in [0, 0.05) is 19.3 Å². The number of hydrogen-bond acceptors (Lipinski definition) is 6. The third kappa shape index (κ3) is 4.04. The van der Waals surface area contributed by atoms with Crippen LogP contribution in [0.15, 0.2) is 35.3 Å². The summed E-state index contributed by atoms with van der Waals surface area (Å²) >= 11 is 0.